The molecule has 0 unspecified atom stereocenters. The maximum atomic E-state index is 12.1. The molecule has 9 heteroatoms. The van der Waals surface area contributed by atoms with Gasteiger partial charge in [0.25, 0.3) is 0 Å². The van der Waals surface area contributed by atoms with Crippen molar-refractivity contribution in [3.8, 4) is 0 Å². The second kappa shape index (κ2) is 7.87. The number of anilines is 1. The third-order valence-corrected chi connectivity index (χ3v) is 7.88. The summed E-state index contributed by atoms with van der Waals surface area (Å²) >= 11 is 14.0. The molecule has 3 heterocycles. The van der Waals surface area contributed by atoms with E-state index in [0.29, 0.717) is 22.2 Å². The van der Waals surface area contributed by atoms with Gasteiger partial charge in [-0.05, 0) is 55.5 Å². The zero-order valence-corrected chi connectivity index (χ0v) is 18.7. The molecule has 0 saturated carbocycles. The SMILES string of the molecule is Cc1cc(N2CCC(C)(CN)CC2)n2[nH]c(=O)nc2c1Sc1cccc(Cl)c1Cl. The first-order valence-corrected chi connectivity index (χ1v) is 11.1. The quantitative estimate of drug-likeness (QED) is 0.615. The van der Waals surface area contributed by atoms with E-state index in [-0.39, 0.29) is 11.1 Å². The van der Waals surface area contributed by atoms with E-state index >= 15 is 0 Å². The molecule has 1 fully saturated rings. The Morgan fingerprint density at radius 3 is 2.72 bits per heavy atom. The van der Waals surface area contributed by atoms with Gasteiger partial charge in [-0.3, -0.25) is 0 Å². The number of hydrogen-bond acceptors (Lipinski definition) is 5. The number of nitrogens with zero attached hydrogens (tertiary/aromatic N) is 3. The number of aromatic amines is 1. The van der Waals surface area contributed by atoms with Crippen LogP contribution in [0.3, 0.4) is 0 Å². The van der Waals surface area contributed by atoms with E-state index in [9.17, 15) is 4.79 Å². The van der Waals surface area contributed by atoms with Gasteiger partial charge in [-0.25, -0.2) is 14.4 Å². The van der Waals surface area contributed by atoms with Crippen molar-refractivity contribution in [2.24, 2.45) is 11.1 Å². The highest BCUT2D eigenvalue weighted by Gasteiger charge is 2.30. The summed E-state index contributed by atoms with van der Waals surface area (Å²) in [5.74, 6) is 0.938. The molecule has 2 aromatic heterocycles. The van der Waals surface area contributed by atoms with Gasteiger partial charge in [0.1, 0.15) is 5.82 Å². The van der Waals surface area contributed by atoms with E-state index in [4.69, 9.17) is 28.9 Å². The molecule has 29 heavy (non-hydrogen) atoms. The second-order valence-electron chi connectivity index (χ2n) is 7.86. The summed E-state index contributed by atoms with van der Waals surface area (Å²) in [4.78, 5) is 20.3. The molecule has 0 aliphatic carbocycles. The summed E-state index contributed by atoms with van der Waals surface area (Å²) in [7, 11) is 0. The number of nitrogens with two attached hydrogens (primary N) is 1. The maximum Gasteiger partial charge on any atom is 0.362 e. The average Bonchev–Trinajstić information content (AvgIpc) is 3.09. The first-order chi connectivity index (χ1) is 13.8. The summed E-state index contributed by atoms with van der Waals surface area (Å²) in [5.41, 5.74) is 7.37. The lowest BCUT2D eigenvalue weighted by Gasteiger charge is -2.39. The van der Waals surface area contributed by atoms with E-state index in [0.717, 1.165) is 47.1 Å². The van der Waals surface area contributed by atoms with Gasteiger partial charge in [0, 0.05) is 18.0 Å². The van der Waals surface area contributed by atoms with Gasteiger partial charge in [0.15, 0.2) is 5.65 Å². The van der Waals surface area contributed by atoms with Crippen LogP contribution in [0.4, 0.5) is 5.82 Å². The fourth-order valence-corrected chi connectivity index (χ4v) is 5.14. The molecular formula is C20H23Cl2N5OS. The molecule has 0 bridgehead atoms. The Kier molecular flexibility index (Phi) is 5.59. The van der Waals surface area contributed by atoms with Crippen molar-refractivity contribution in [2.75, 3.05) is 24.5 Å². The van der Waals surface area contributed by atoms with Crippen LogP contribution >= 0.6 is 35.0 Å². The number of halogens is 2. The summed E-state index contributed by atoms with van der Waals surface area (Å²) < 4.78 is 1.78. The third kappa shape index (κ3) is 3.89. The van der Waals surface area contributed by atoms with Crippen LogP contribution in [-0.2, 0) is 0 Å². The smallest absolute Gasteiger partial charge is 0.357 e. The van der Waals surface area contributed by atoms with Crippen LogP contribution in [0, 0.1) is 12.3 Å². The van der Waals surface area contributed by atoms with Crippen molar-refractivity contribution in [1.29, 1.82) is 0 Å². The lowest BCUT2D eigenvalue weighted by Crippen LogP contribution is -2.43. The lowest BCUT2D eigenvalue weighted by molar-refractivity contribution is 0.257. The lowest BCUT2D eigenvalue weighted by atomic mass is 9.80. The van der Waals surface area contributed by atoms with Crippen LogP contribution < -0.4 is 16.3 Å². The van der Waals surface area contributed by atoms with Crippen LogP contribution in [0.5, 0.6) is 0 Å². The molecule has 3 aromatic rings. The van der Waals surface area contributed by atoms with Crippen LogP contribution in [-0.4, -0.2) is 34.2 Å². The molecule has 1 aliphatic heterocycles. The molecule has 3 N–H and O–H groups in total. The van der Waals surface area contributed by atoms with Crippen LogP contribution in [0.15, 0.2) is 38.9 Å². The third-order valence-electron chi connectivity index (χ3n) is 5.68. The summed E-state index contributed by atoms with van der Waals surface area (Å²) in [6, 6.07) is 7.61. The fraction of sp³-hybridized carbons (Fsp3) is 0.400. The van der Waals surface area contributed by atoms with E-state index < -0.39 is 0 Å². The Morgan fingerprint density at radius 2 is 2.03 bits per heavy atom. The molecule has 1 aromatic carbocycles. The van der Waals surface area contributed by atoms with Gasteiger partial charge in [0.2, 0.25) is 0 Å². The Bertz CT molecular complexity index is 1120. The van der Waals surface area contributed by atoms with E-state index in [1.807, 2.05) is 19.1 Å². The first-order valence-electron chi connectivity index (χ1n) is 9.50. The molecule has 0 amide bonds. The summed E-state index contributed by atoms with van der Waals surface area (Å²) in [6.07, 6.45) is 2.02. The Morgan fingerprint density at radius 1 is 1.31 bits per heavy atom. The van der Waals surface area contributed by atoms with Crippen molar-refractivity contribution in [3.63, 3.8) is 0 Å². The number of pyridine rings is 1. The van der Waals surface area contributed by atoms with E-state index in [1.165, 1.54) is 11.8 Å². The Balaban J connectivity index is 1.76. The predicted octanol–water partition coefficient (Wildman–Crippen LogP) is 4.35. The van der Waals surface area contributed by atoms with Gasteiger partial charge in [-0.1, -0.05) is 48.0 Å². The molecule has 154 valence electrons. The van der Waals surface area contributed by atoms with Crippen LogP contribution in [0.2, 0.25) is 10.0 Å². The number of aromatic nitrogens is 3. The summed E-state index contributed by atoms with van der Waals surface area (Å²) in [6.45, 7) is 6.72. The minimum atomic E-state index is -0.375. The molecule has 0 spiro atoms. The standard InChI is InChI=1S/C20H23Cl2N5OS/c1-12-10-15(26-8-6-20(2,11-23)7-9-26)27-18(24-19(28)25-27)17(12)29-14-5-3-4-13(21)16(14)22/h3-5,10H,6-9,11,23H2,1-2H3,(H,25,28). The number of aryl methyl sites for hydroxylation is 1. The average molecular weight is 452 g/mol. The van der Waals surface area contributed by atoms with Crippen molar-refractivity contribution >= 4 is 46.4 Å². The number of hydrogen-bond donors (Lipinski definition) is 2. The van der Waals surface area contributed by atoms with E-state index in [2.05, 4.69) is 28.0 Å². The minimum absolute atomic E-state index is 0.173. The van der Waals surface area contributed by atoms with Crippen molar-refractivity contribution in [3.05, 3.63) is 50.4 Å². The van der Waals surface area contributed by atoms with Crippen molar-refractivity contribution in [2.45, 2.75) is 36.5 Å². The normalized spacial score (nSPS) is 16.5. The molecule has 0 radical (unpaired) electrons. The van der Waals surface area contributed by atoms with Crippen molar-refractivity contribution < 1.29 is 0 Å². The first kappa shape index (κ1) is 20.6. The van der Waals surface area contributed by atoms with Gasteiger partial charge < -0.3 is 10.6 Å². The second-order valence-corrected chi connectivity index (χ2v) is 9.70. The highest BCUT2D eigenvalue weighted by Crippen LogP contribution is 2.41. The number of nitrogens with one attached hydrogen (secondary N) is 1. The maximum absolute atomic E-state index is 12.1. The van der Waals surface area contributed by atoms with Crippen LogP contribution in [0.25, 0.3) is 5.65 Å². The minimum Gasteiger partial charge on any atom is -0.357 e. The van der Waals surface area contributed by atoms with E-state index in [1.54, 1.807) is 10.6 Å². The zero-order valence-electron chi connectivity index (χ0n) is 16.3. The molecule has 1 aliphatic rings. The number of benzene rings is 1. The highest BCUT2D eigenvalue weighted by molar-refractivity contribution is 7.99. The van der Waals surface area contributed by atoms with Crippen LogP contribution in [0.1, 0.15) is 25.3 Å². The summed E-state index contributed by atoms with van der Waals surface area (Å²) in [5, 5.41) is 3.84. The Labute approximate surface area is 183 Å². The monoisotopic (exact) mass is 451 g/mol. The molecule has 4 rings (SSSR count). The number of H-pyrrole nitrogens is 1. The fourth-order valence-electron chi connectivity index (χ4n) is 3.65. The molecule has 1 saturated heterocycles. The van der Waals surface area contributed by atoms with Gasteiger partial charge in [-0.15, -0.1) is 0 Å². The Hall–Kier alpha value is -1.67. The number of rotatable bonds is 4. The predicted molar refractivity (Wildman–Crippen MR) is 120 cm³/mol. The highest BCUT2D eigenvalue weighted by atomic mass is 35.5. The molecule has 6 nitrogen and oxygen atoms in total. The van der Waals surface area contributed by atoms with Gasteiger partial charge >= 0.3 is 5.69 Å². The topological polar surface area (TPSA) is 79.4 Å². The van der Waals surface area contributed by atoms with Crippen molar-refractivity contribution in [1.82, 2.24) is 14.6 Å². The molecular weight excluding hydrogens is 429 g/mol. The van der Waals surface area contributed by atoms with Gasteiger partial charge in [-0.2, -0.15) is 4.98 Å². The number of piperidine rings is 1. The molecule has 0 atom stereocenters. The number of fused-ring (bicyclic) bond motifs is 1. The zero-order chi connectivity index (χ0) is 20.8. The largest absolute Gasteiger partial charge is 0.362 e. The van der Waals surface area contributed by atoms with Gasteiger partial charge in [0.05, 0.1) is 14.9 Å².